The van der Waals surface area contributed by atoms with Crippen molar-refractivity contribution in [1.82, 2.24) is 0 Å². The SMILES string of the molecule is CC1CCC2C1C(C=O)C1CCC12C. The van der Waals surface area contributed by atoms with E-state index in [-0.39, 0.29) is 0 Å². The highest BCUT2D eigenvalue weighted by atomic mass is 16.1. The molecule has 3 saturated carbocycles. The van der Waals surface area contributed by atoms with Crippen LogP contribution in [0.2, 0.25) is 0 Å². The van der Waals surface area contributed by atoms with Gasteiger partial charge in [-0.25, -0.2) is 0 Å². The largest absolute Gasteiger partial charge is 0.303 e. The second-order valence-electron chi connectivity index (χ2n) is 6.10. The Balaban J connectivity index is 1.98. The van der Waals surface area contributed by atoms with E-state index in [2.05, 4.69) is 13.8 Å². The van der Waals surface area contributed by atoms with Gasteiger partial charge in [0, 0.05) is 5.92 Å². The van der Waals surface area contributed by atoms with Gasteiger partial charge in [-0.1, -0.05) is 20.3 Å². The molecule has 0 bridgehead atoms. The van der Waals surface area contributed by atoms with Gasteiger partial charge in [-0.2, -0.15) is 0 Å². The normalized spacial score (nSPS) is 60.3. The van der Waals surface area contributed by atoms with E-state index in [4.69, 9.17) is 0 Å². The van der Waals surface area contributed by atoms with Gasteiger partial charge in [0.05, 0.1) is 0 Å². The van der Waals surface area contributed by atoms with Gasteiger partial charge in [0.25, 0.3) is 0 Å². The standard InChI is InChI=1S/C13H20O/c1-8-3-4-11-12(8)9(7-14)10-5-6-13(10,11)2/h7-12H,3-6H2,1-2H3. The molecule has 0 aliphatic heterocycles. The fourth-order valence-electron chi connectivity index (χ4n) is 4.95. The zero-order valence-electron chi connectivity index (χ0n) is 9.20. The third-order valence-corrected chi connectivity index (χ3v) is 5.81. The summed E-state index contributed by atoms with van der Waals surface area (Å²) >= 11 is 0. The molecule has 1 heteroatoms. The topological polar surface area (TPSA) is 17.1 Å². The van der Waals surface area contributed by atoms with Gasteiger partial charge < -0.3 is 4.79 Å². The van der Waals surface area contributed by atoms with Gasteiger partial charge in [-0.15, -0.1) is 0 Å². The second kappa shape index (κ2) is 2.62. The first-order chi connectivity index (χ1) is 6.68. The summed E-state index contributed by atoms with van der Waals surface area (Å²) < 4.78 is 0. The van der Waals surface area contributed by atoms with E-state index in [0.717, 1.165) is 23.7 Å². The molecule has 6 unspecified atom stereocenters. The maximum atomic E-state index is 11.2. The fraction of sp³-hybridized carbons (Fsp3) is 0.923. The van der Waals surface area contributed by atoms with Gasteiger partial charge in [0.15, 0.2) is 0 Å². The molecule has 0 aromatic rings. The molecule has 1 nitrogen and oxygen atoms in total. The maximum Gasteiger partial charge on any atom is 0.123 e. The molecule has 14 heavy (non-hydrogen) atoms. The summed E-state index contributed by atoms with van der Waals surface area (Å²) in [4.78, 5) is 11.2. The summed E-state index contributed by atoms with van der Waals surface area (Å²) in [6, 6.07) is 0. The van der Waals surface area contributed by atoms with Crippen LogP contribution in [0.1, 0.15) is 39.5 Å². The number of hydrogen-bond donors (Lipinski definition) is 0. The number of hydrogen-bond acceptors (Lipinski definition) is 1. The summed E-state index contributed by atoms with van der Waals surface area (Å²) in [5.41, 5.74) is 0.557. The minimum Gasteiger partial charge on any atom is -0.303 e. The summed E-state index contributed by atoms with van der Waals surface area (Å²) in [5.74, 6) is 3.59. The molecule has 3 rings (SSSR count). The average molecular weight is 192 g/mol. The van der Waals surface area contributed by atoms with Crippen LogP contribution in [0, 0.1) is 35.0 Å². The Morgan fingerprint density at radius 2 is 2.00 bits per heavy atom. The molecular formula is C13H20O. The highest BCUT2D eigenvalue weighted by Gasteiger charge is 2.64. The van der Waals surface area contributed by atoms with Crippen LogP contribution in [0.4, 0.5) is 0 Å². The summed E-state index contributed by atoms with van der Waals surface area (Å²) in [6.45, 7) is 4.80. The fourth-order valence-corrected chi connectivity index (χ4v) is 4.95. The van der Waals surface area contributed by atoms with E-state index < -0.39 is 0 Å². The Morgan fingerprint density at radius 1 is 1.21 bits per heavy atom. The average Bonchev–Trinajstić information content (AvgIpc) is 2.59. The zero-order chi connectivity index (χ0) is 9.92. The Morgan fingerprint density at radius 3 is 2.57 bits per heavy atom. The van der Waals surface area contributed by atoms with Crippen LogP contribution in [0.5, 0.6) is 0 Å². The second-order valence-corrected chi connectivity index (χ2v) is 6.10. The molecule has 0 radical (unpaired) electrons. The van der Waals surface area contributed by atoms with Crippen molar-refractivity contribution in [2.45, 2.75) is 39.5 Å². The van der Waals surface area contributed by atoms with Crippen LogP contribution in [0.3, 0.4) is 0 Å². The molecule has 0 amide bonds. The van der Waals surface area contributed by atoms with E-state index in [1.807, 2.05) is 0 Å². The molecular weight excluding hydrogens is 172 g/mol. The summed E-state index contributed by atoms with van der Waals surface area (Å²) in [6.07, 6.45) is 6.75. The number of carbonyl (C=O) groups is 1. The van der Waals surface area contributed by atoms with E-state index in [0.29, 0.717) is 11.3 Å². The van der Waals surface area contributed by atoms with Crippen molar-refractivity contribution in [3.05, 3.63) is 0 Å². The Labute approximate surface area is 86.3 Å². The number of aldehydes is 1. The number of carbonyl (C=O) groups excluding carboxylic acids is 1. The lowest BCUT2D eigenvalue weighted by Crippen LogP contribution is -2.39. The van der Waals surface area contributed by atoms with Gasteiger partial charge in [0.2, 0.25) is 0 Å². The summed E-state index contributed by atoms with van der Waals surface area (Å²) in [7, 11) is 0. The predicted molar refractivity (Wildman–Crippen MR) is 55.8 cm³/mol. The summed E-state index contributed by atoms with van der Waals surface area (Å²) in [5, 5.41) is 0. The minimum absolute atomic E-state index is 0.413. The van der Waals surface area contributed by atoms with E-state index in [1.165, 1.54) is 32.0 Å². The van der Waals surface area contributed by atoms with Crippen molar-refractivity contribution in [2.24, 2.45) is 35.0 Å². The Bertz CT molecular complexity index is 272. The molecule has 3 aliphatic carbocycles. The van der Waals surface area contributed by atoms with Crippen LogP contribution < -0.4 is 0 Å². The first-order valence-electron chi connectivity index (χ1n) is 6.14. The number of rotatable bonds is 1. The van der Waals surface area contributed by atoms with E-state index >= 15 is 0 Å². The molecule has 0 N–H and O–H groups in total. The molecule has 0 aromatic carbocycles. The van der Waals surface area contributed by atoms with Crippen LogP contribution >= 0.6 is 0 Å². The molecule has 0 heterocycles. The van der Waals surface area contributed by atoms with Crippen LogP contribution in [-0.4, -0.2) is 6.29 Å². The molecule has 3 aliphatic rings. The number of fused-ring (bicyclic) bond motifs is 3. The first kappa shape index (κ1) is 8.94. The lowest BCUT2D eigenvalue weighted by molar-refractivity contribution is -0.115. The van der Waals surface area contributed by atoms with Gasteiger partial charge in [-0.05, 0) is 48.3 Å². The van der Waals surface area contributed by atoms with Gasteiger partial charge >= 0.3 is 0 Å². The third kappa shape index (κ3) is 0.803. The molecule has 0 aromatic heterocycles. The highest BCUT2D eigenvalue weighted by Crippen LogP contribution is 2.69. The van der Waals surface area contributed by atoms with Crippen LogP contribution in [-0.2, 0) is 4.79 Å². The lowest BCUT2D eigenvalue weighted by Gasteiger charge is -2.46. The molecule has 0 spiro atoms. The maximum absolute atomic E-state index is 11.2. The molecule has 6 atom stereocenters. The van der Waals surface area contributed by atoms with Crippen molar-refractivity contribution in [3.8, 4) is 0 Å². The van der Waals surface area contributed by atoms with Crippen LogP contribution in [0.25, 0.3) is 0 Å². The lowest BCUT2D eigenvalue weighted by atomic mass is 9.58. The molecule has 0 saturated heterocycles. The van der Waals surface area contributed by atoms with Crippen molar-refractivity contribution >= 4 is 6.29 Å². The van der Waals surface area contributed by atoms with E-state index in [9.17, 15) is 4.79 Å². The quantitative estimate of drug-likeness (QED) is 0.584. The van der Waals surface area contributed by atoms with Gasteiger partial charge in [0.1, 0.15) is 6.29 Å². The minimum atomic E-state index is 0.413. The monoisotopic (exact) mass is 192 g/mol. The smallest absolute Gasteiger partial charge is 0.123 e. The van der Waals surface area contributed by atoms with Crippen molar-refractivity contribution in [3.63, 3.8) is 0 Å². The Hall–Kier alpha value is -0.330. The Kier molecular flexibility index (Phi) is 1.67. The highest BCUT2D eigenvalue weighted by molar-refractivity contribution is 5.57. The predicted octanol–water partition coefficient (Wildman–Crippen LogP) is 2.89. The van der Waals surface area contributed by atoms with Gasteiger partial charge in [-0.3, -0.25) is 0 Å². The zero-order valence-corrected chi connectivity index (χ0v) is 9.20. The van der Waals surface area contributed by atoms with E-state index in [1.54, 1.807) is 0 Å². The van der Waals surface area contributed by atoms with Crippen molar-refractivity contribution in [2.75, 3.05) is 0 Å². The van der Waals surface area contributed by atoms with Crippen molar-refractivity contribution in [1.29, 1.82) is 0 Å². The molecule has 78 valence electrons. The van der Waals surface area contributed by atoms with Crippen LogP contribution in [0.15, 0.2) is 0 Å². The molecule has 3 fully saturated rings. The third-order valence-electron chi connectivity index (χ3n) is 5.81. The van der Waals surface area contributed by atoms with Crippen molar-refractivity contribution < 1.29 is 4.79 Å². The first-order valence-corrected chi connectivity index (χ1v) is 6.14.